The lowest BCUT2D eigenvalue weighted by Crippen LogP contribution is -2.15. The van der Waals surface area contributed by atoms with Crippen molar-refractivity contribution in [2.24, 2.45) is 0 Å². The summed E-state index contributed by atoms with van der Waals surface area (Å²) in [5.41, 5.74) is 0. The number of anilines is 2. The van der Waals surface area contributed by atoms with Crippen molar-refractivity contribution >= 4 is 23.7 Å². The maximum atomic E-state index is 4.33. The van der Waals surface area contributed by atoms with Gasteiger partial charge in [-0.15, -0.1) is 0 Å². The summed E-state index contributed by atoms with van der Waals surface area (Å²) in [6.45, 7) is 4.91. The summed E-state index contributed by atoms with van der Waals surface area (Å²) in [5.74, 6) is 2.30. The molecule has 0 saturated heterocycles. The van der Waals surface area contributed by atoms with Crippen LogP contribution in [-0.4, -0.2) is 41.3 Å². The second-order valence-electron chi connectivity index (χ2n) is 3.10. The lowest BCUT2D eigenvalue weighted by Gasteiger charge is -2.12. The standard InChI is InChI=1S/C9H17N5S/c1-5-10-7-11-8(14(3)4)13-9(12-7)15-6-2/h5-6H2,1-4H3,(H,10,11,12,13). The topological polar surface area (TPSA) is 53.9 Å². The predicted molar refractivity (Wildman–Crippen MR) is 64.7 cm³/mol. The minimum Gasteiger partial charge on any atom is -0.354 e. The largest absolute Gasteiger partial charge is 0.354 e. The van der Waals surface area contributed by atoms with E-state index in [1.165, 1.54) is 0 Å². The molecule has 0 aliphatic heterocycles. The fraction of sp³-hybridized carbons (Fsp3) is 0.667. The molecule has 1 heterocycles. The fourth-order valence-electron chi connectivity index (χ4n) is 0.977. The number of hydrogen-bond donors (Lipinski definition) is 1. The molecule has 0 bridgehead atoms. The van der Waals surface area contributed by atoms with Gasteiger partial charge in [0, 0.05) is 20.6 Å². The zero-order chi connectivity index (χ0) is 11.3. The van der Waals surface area contributed by atoms with E-state index in [4.69, 9.17) is 0 Å². The molecule has 0 atom stereocenters. The normalized spacial score (nSPS) is 10.1. The van der Waals surface area contributed by atoms with Crippen LogP contribution in [-0.2, 0) is 0 Å². The molecule has 0 aromatic carbocycles. The van der Waals surface area contributed by atoms with Gasteiger partial charge in [0.05, 0.1) is 0 Å². The summed E-state index contributed by atoms with van der Waals surface area (Å²) in [6, 6.07) is 0. The highest BCUT2D eigenvalue weighted by atomic mass is 32.2. The minimum absolute atomic E-state index is 0.646. The molecule has 5 nitrogen and oxygen atoms in total. The first-order chi connectivity index (χ1) is 7.17. The van der Waals surface area contributed by atoms with Gasteiger partial charge < -0.3 is 10.2 Å². The van der Waals surface area contributed by atoms with Crippen molar-refractivity contribution in [3.63, 3.8) is 0 Å². The molecule has 0 saturated carbocycles. The van der Waals surface area contributed by atoms with Crippen molar-refractivity contribution in [2.75, 3.05) is 36.6 Å². The van der Waals surface area contributed by atoms with Gasteiger partial charge in [0.2, 0.25) is 11.9 Å². The first-order valence-corrected chi connectivity index (χ1v) is 5.96. The molecule has 1 aromatic heterocycles. The summed E-state index contributed by atoms with van der Waals surface area (Å²) < 4.78 is 0. The van der Waals surface area contributed by atoms with E-state index in [9.17, 15) is 0 Å². The van der Waals surface area contributed by atoms with Crippen LogP contribution in [0, 0.1) is 0 Å². The van der Waals surface area contributed by atoms with Gasteiger partial charge in [-0.1, -0.05) is 18.7 Å². The lowest BCUT2D eigenvalue weighted by molar-refractivity contribution is 0.864. The van der Waals surface area contributed by atoms with E-state index in [0.29, 0.717) is 11.9 Å². The molecule has 0 spiro atoms. The Morgan fingerprint density at radius 3 is 2.47 bits per heavy atom. The van der Waals surface area contributed by atoms with Gasteiger partial charge in [-0.25, -0.2) is 0 Å². The Balaban J connectivity index is 2.97. The van der Waals surface area contributed by atoms with Crippen LogP contribution in [0.1, 0.15) is 13.8 Å². The molecule has 0 fully saturated rings. The van der Waals surface area contributed by atoms with E-state index in [1.54, 1.807) is 11.8 Å². The number of nitrogens with one attached hydrogen (secondary N) is 1. The van der Waals surface area contributed by atoms with Crippen molar-refractivity contribution < 1.29 is 0 Å². The maximum Gasteiger partial charge on any atom is 0.230 e. The first-order valence-electron chi connectivity index (χ1n) is 4.97. The second-order valence-corrected chi connectivity index (χ2v) is 4.33. The Bertz CT molecular complexity index is 291. The van der Waals surface area contributed by atoms with E-state index < -0.39 is 0 Å². The van der Waals surface area contributed by atoms with Gasteiger partial charge in [-0.3, -0.25) is 0 Å². The second kappa shape index (κ2) is 5.75. The average molecular weight is 227 g/mol. The van der Waals surface area contributed by atoms with Crippen LogP contribution < -0.4 is 10.2 Å². The molecule has 1 rings (SSSR count). The highest BCUT2D eigenvalue weighted by molar-refractivity contribution is 7.99. The van der Waals surface area contributed by atoms with Gasteiger partial charge in [0.15, 0.2) is 5.16 Å². The zero-order valence-corrected chi connectivity index (χ0v) is 10.4. The Kier molecular flexibility index (Phi) is 4.61. The maximum absolute atomic E-state index is 4.33. The first kappa shape index (κ1) is 12.0. The monoisotopic (exact) mass is 227 g/mol. The highest BCUT2D eigenvalue weighted by Gasteiger charge is 2.06. The number of thioether (sulfide) groups is 1. The number of nitrogens with zero attached hydrogens (tertiary/aromatic N) is 4. The summed E-state index contributed by atoms with van der Waals surface area (Å²) in [6.07, 6.45) is 0. The Morgan fingerprint density at radius 2 is 1.93 bits per heavy atom. The van der Waals surface area contributed by atoms with E-state index >= 15 is 0 Å². The van der Waals surface area contributed by atoms with Crippen molar-refractivity contribution in [1.82, 2.24) is 15.0 Å². The van der Waals surface area contributed by atoms with E-state index in [-0.39, 0.29) is 0 Å². The summed E-state index contributed by atoms with van der Waals surface area (Å²) in [5, 5.41) is 3.87. The molecule has 6 heteroatoms. The van der Waals surface area contributed by atoms with Crippen molar-refractivity contribution in [3.05, 3.63) is 0 Å². The molecular weight excluding hydrogens is 210 g/mol. The van der Waals surface area contributed by atoms with Crippen LogP contribution in [0.25, 0.3) is 0 Å². The summed E-state index contributed by atoms with van der Waals surface area (Å²) in [7, 11) is 3.84. The Labute approximate surface area is 94.7 Å². The molecule has 0 amide bonds. The van der Waals surface area contributed by atoms with E-state index in [1.807, 2.05) is 25.9 Å². The van der Waals surface area contributed by atoms with Crippen LogP contribution >= 0.6 is 11.8 Å². The van der Waals surface area contributed by atoms with Gasteiger partial charge in [-0.2, -0.15) is 15.0 Å². The van der Waals surface area contributed by atoms with Gasteiger partial charge in [-0.05, 0) is 12.7 Å². The van der Waals surface area contributed by atoms with Gasteiger partial charge in [0.25, 0.3) is 0 Å². The van der Waals surface area contributed by atoms with E-state index in [2.05, 4.69) is 27.2 Å². The average Bonchev–Trinajstić information content (AvgIpc) is 2.18. The molecule has 1 aromatic rings. The van der Waals surface area contributed by atoms with Crippen LogP contribution in [0.4, 0.5) is 11.9 Å². The van der Waals surface area contributed by atoms with Gasteiger partial charge >= 0.3 is 0 Å². The minimum atomic E-state index is 0.646. The predicted octanol–water partition coefficient (Wildman–Crippen LogP) is 1.48. The molecule has 15 heavy (non-hydrogen) atoms. The molecule has 1 N–H and O–H groups in total. The molecule has 0 aliphatic carbocycles. The number of hydrogen-bond acceptors (Lipinski definition) is 6. The van der Waals surface area contributed by atoms with Crippen LogP contribution in [0.15, 0.2) is 5.16 Å². The number of aromatic nitrogens is 3. The zero-order valence-electron chi connectivity index (χ0n) is 9.61. The van der Waals surface area contributed by atoms with Crippen molar-refractivity contribution in [1.29, 1.82) is 0 Å². The third-order valence-corrected chi connectivity index (χ3v) is 2.34. The molecular formula is C9H17N5S. The Hall–Kier alpha value is -1.04. The van der Waals surface area contributed by atoms with Crippen LogP contribution in [0.5, 0.6) is 0 Å². The summed E-state index contributed by atoms with van der Waals surface area (Å²) >= 11 is 1.62. The lowest BCUT2D eigenvalue weighted by atomic mass is 10.7. The van der Waals surface area contributed by atoms with Crippen LogP contribution in [0.3, 0.4) is 0 Å². The summed E-state index contributed by atoms with van der Waals surface area (Å²) in [4.78, 5) is 14.8. The molecule has 84 valence electrons. The van der Waals surface area contributed by atoms with Gasteiger partial charge in [0.1, 0.15) is 0 Å². The quantitative estimate of drug-likeness (QED) is 0.769. The van der Waals surface area contributed by atoms with Crippen LogP contribution in [0.2, 0.25) is 0 Å². The smallest absolute Gasteiger partial charge is 0.230 e. The third-order valence-electron chi connectivity index (χ3n) is 1.61. The highest BCUT2D eigenvalue weighted by Crippen LogP contribution is 2.16. The fourth-order valence-corrected chi connectivity index (χ4v) is 1.53. The molecule has 0 unspecified atom stereocenters. The Morgan fingerprint density at radius 1 is 1.20 bits per heavy atom. The molecule has 0 aliphatic rings. The van der Waals surface area contributed by atoms with Crippen molar-refractivity contribution in [2.45, 2.75) is 19.0 Å². The van der Waals surface area contributed by atoms with Crippen molar-refractivity contribution in [3.8, 4) is 0 Å². The number of rotatable bonds is 5. The molecule has 0 radical (unpaired) electrons. The third kappa shape index (κ3) is 3.54. The van der Waals surface area contributed by atoms with E-state index in [0.717, 1.165) is 17.5 Å². The SMILES string of the molecule is CCNc1nc(SCC)nc(N(C)C)n1.